The second-order valence-electron chi connectivity index (χ2n) is 4.16. The number of nitrogens with zero attached hydrogens (tertiary/aromatic N) is 7. The molecule has 9 heteroatoms. The number of ether oxygens (including phenoxy) is 1. The first-order valence-corrected chi connectivity index (χ1v) is 5.72. The van der Waals surface area contributed by atoms with E-state index < -0.39 is 0 Å². The van der Waals surface area contributed by atoms with Gasteiger partial charge in [-0.25, -0.2) is 0 Å². The first-order chi connectivity index (χ1) is 9.13. The molecular weight excluding hydrogens is 250 g/mol. The summed E-state index contributed by atoms with van der Waals surface area (Å²) in [6, 6.07) is 0.175. The molecule has 2 heterocycles. The van der Waals surface area contributed by atoms with E-state index in [0.29, 0.717) is 25.3 Å². The number of hydrogen-bond acceptors (Lipinski definition) is 6. The molecule has 0 saturated carbocycles. The number of anilines is 1. The molecule has 9 nitrogen and oxygen atoms in total. The minimum Gasteiger partial charge on any atom is -0.467 e. The highest BCUT2D eigenvalue weighted by molar-refractivity contribution is 5.94. The maximum absolute atomic E-state index is 11.9. The van der Waals surface area contributed by atoms with Crippen LogP contribution in [0.15, 0.2) is 5.11 Å². The Bertz CT molecular complexity index is 541. The van der Waals surface area contributed by atoms with Crippen molar-refractivity contribution >= 4 is 11.9 Å². The fourth-order valence-corrected chi connectivity index (χ4v) is 1.90. The highest BCUT2D eigenvalue weighted by atomic mass is 16.5. The van der Waals surface area contributed by atoms with Gasteiger partial charge in [0, 0.05) is 24.4 Å². The number of hydrogen-bond donors (Lipinski definition) is 0. The zero-order valence-corrected chi connectivity index (χ0v) is 10.6. The molecular formula is C10H13N7O2. The zero-order chi connectivity index (χ0) is 13.8. The molecule has 1 fully saturated rings. The Balaban J connectivity index is 2.20. The van der Waals surface area contributed by atoms with Crippen LogP contribution in [0.3, 0.4) is 0 Å². The predicted molar refractivity (Wildman–Crippen MR) is 65.6 cm³/mol. The van der Waals surface area contributed by atoms with Crippen LogP contribution >= 0.6 is 0 Å². The largest absolute Gasteiger partial charge is 0.467 e. The van der Waals surface area contributed by atoms with E-state index >= 15 is 0 Å². The second kappa shape index (κ2) is 5.49. The van der Waals surface area contributed by atoms with E-state index in [1.807, 2.05) is 0 Å². The second-order valence-corrected chi connectivity index (χ2v) is 4.16. The summed E-state index contributed by atoms with van der Waals surface area (Å²) < 4.78 is 4.96. The predicted octanol–water partition coefficient (Wildman–Crippen LogP) is 0.852. The average molecular weight is 263 g/mol. The topological polar surface area (TPSA) is 117 Å². The summed E-state index contributed by atoms with van der Waals surface area (Å²) in [6.07, 6.45) is 0.325. The number of aromatic nitrogens is 3. The molecule has 1 unspecified atom stereocenters. The lowest BCUT2D eigenvalue weighted by molar-refractivity contribution is -0.117. The van der Waals surface area contributed by atoms with E-state index in [4.69, 9.17) is 10.3 Å². The number of carbonyl (C=O) groups excluding carboxylic acids is 1. The van der Waals surface area contributed by atoms with Gasteiger partial charge in [0.05, 0.1) is 7.11 Å². The lowest BCUT2D eigenvalue weighted by Gasteiger charge is -2.14. The summed E-state index contributed by atoms with van der Waals surface area (Å²) in [5.41, 5.74) is 8.29. The van der Waals surface area contributed by atoms with Crippen molar-refractivity contribution in [2.45, 2.75) is 13.3 Å². The van der Waals surface area contributed by atoms with E-state index in [2.05, 4.69) is 25.0 Å². The Labute approximate surface area is 109 Å². The minimum atomic E-state index is -0.0919. The van der Waals surface area contributed by atoms with Crippen molar-refractivity contribution in [3.63, 3.8) is 0 Å². The third-order valence-electron chi connectivity index (χ3n) is 2.75. The van der Waals surface area contributed by atoms with Gasteiger partial charge in [0.15, 0.2) is 0 Å². The first kappa shape index (κ1) is 13.0. The molecule has 0 aliphatic carbocycles. The maximum Gasteiger partial charge on any atom is 0.321 e. The van der Waals surface area contributed by atoms with Gasteiger partial charge >= 0.3 is 6.01 Å². The van der Waals surface area contributed by atoms with Gasteiger partial charge in [0.2, 0.25) is 11.9 Å². The molecule has 1 amide bonds. The highest BCUT2D eigenvalue weighted by Gasteiger charge is 2.32. The molecule has 19 heavy (non-hydrogen) atoms. The van der Waals surface area contributed by atoms with E-state index in [1.165, 1.54) is 12.0 Å². The summed E-state index contributed by atoms with van der Waals surface area (Å²) in [5, 5.41) is 3.49. The number of aryl methyl sites for hydroxylation is 1. The number of rotatable bonds is 4. The molecule has 0 spiro atoms. The Hall–Kier alpha value is -2.41. The smallest absolute Gasteiger partial charge is 0.321 e. The zero-order valence-electron chi connectivity index (χ0n) is 10.6. The van der Waals surface area contributed by atoms with Crippen LogP contribution in [0.25, 0.3) is 10.4 Å². The van der Waals surface area contributed by atoms with Crippen LogP contribution in [-0.2, 0) is 4.79 Å². The highest BCUT2D eigenvalue weighted by Crippen LogP contribution is 2.23. The first-order valence-electron chi connectivity index (χ1n) is 5.72. The third kappa shape index (κ3) is 2.89. The Kier molecular flexibility index (Phi) is 3.76. The summed E-state index contributed by atoms with van der Waals surface area (Å²) >= 11 is 0. The fraction of sp³-hybridized carbons (Fsp3) is 0.600. The molecule has 2 rings (SSSR count). The number of methoxy groups -OCH3 is 1. The summed E-state index contributed by atoms with van der Waals surface area (Å²) in [6.45, 7) is 2.43. The van der Waals surface area contributed by atoms with Crippen molar-refractivity contribution in [3.8, 4) is 6.01 Å². The molecule has 1 aliphatic rings. The number of azide groups is 1. The molecule has 1 saturated heterocycles. The van der Waals surface area contributed by atoms with Gasteiger partial charge in [-0.2, -0.15) is 15.0 Å². The Morgan fingerprint density at radius 3 is 3.00 bits per heavy atom. The van der Waals surface area contributed by atoms with Crippen molar-refractivity contribution in [1.29, 1.82) is 0 Å². The normalized spacial score (nSPS) is 18.3. The molecule has 1 aromatic heterocycles. The lowest BCUT2D eigenvalue weighted by Crippen LogP contribution is -2.27. The van der Waals surface area contributed by atoms with Crippen LogP contribution in [0.4, 0.5) is 5.95 Å². The standard InChI is InChI=1S/C10H13N7O2/c1-6-13-9(15-10(14-6)19-2)17-5-7(3-8(17)18)4-12-16-11/h7H,3-5H2,1-2H3. The molecule has 0 N–H and O–H groups in total. The van der Waals surface area contributed by atoms with E-state index in [1.54, 1.807) is 6.92 Å². The Morgan fingerprint density at radius 1 is 1.53 bits per heavy atom. The van der Waals surface area contributed by atoms with Crippen LogP contribution in [0.2, 0.25) is 0 Å². The quantitative estimate of drug-likeness (QED) is 0.453. The van der Waals surface area contributed by atoms with Gasteiger partial charge in [-0.1, -0.05) is 5.11 Å². The van der Waals surface area contributed by atoms with Crippen molar-refractivity contribution < 1.29 is 9.53 Å². The van der Waals surface area contributed by atoms with E-state index in [9.17, 15) is 4.79 Å². The van der Waals surface area contributed by atoms with Crippen molar-refractivity contribution in [1.82, 2.24) is 15.0 Å². The Morgan fingerprint density at radius 2 is 2.32 bits per heavy atom. The monoisotopic (exact) mass is 263 g/mol. The summed E-state index contributed by atoms with van der Waals surface area (Å²) in [5.74, 6) is 0.656. The molecule has 1 aromatic rings. The van der Waals surface area contributed by atoms with Gasteiger partial charge in [0.25, 0.3) is 0 Å². The van der Waals surface area contributed by atoms with Gasteiger partial charge in [-0.3, -0.25) is 9.69 Å². The minimum absolute atomic E-state index is 0.00790. The third-order valence-corrected chi connectivity index (χ3v) is 2.75. The lowest BCUT2D eigenvalue weighted by atomic mass is 10.1. The molecule has 1 aliphatic heterocycles. The van der Waals surface area contributed by atoms with Crippen LogP contribution < -0.4 is 9.64 Å². The van der Waals surface area contributed by atoms with Crippen LogP contribution in [-0.4, -0.2) is 41.1 Å². The van der Waals surface area contributed by atoms with Gasteiger partial charge < -0.3 is 4.74 Å². The number of amides is 1. The molecule has 0 bridgehead atoms. The number of carbonyl (C=O) groups is 1. The van der Waals surface area contributed by atoms with Crippen molar-refractivity contribution in [2.24, 2.45) is 11.0 Å². The maximum atomic E-state index is 11.9. The van der Waals surface area contributed by atoms with Gasteiger partial charge in [0.1, 0.15) is 5.82 Å². The fourth-order valence-electron chi connectivity index (χ4n) is 1.90. The van der Waals surface area contributed by atoms with Crippen molar-refractivity contribution in [3.05, 3.63) is 16.3 Å². The van der Waals surface area contributed by atoms with Crippen molar-refractivity contribution in [2.75, 3.05) is 25.1 Å². The molecule has 1 atom stereocenters. The van der Waals surface area contributed by atoms with E-state index in [0.717, 1.165) is 0 Å². The van der Waals surface area contributed by atoms with Gasteiger partial charge in [-0.15, -0.1) is 0 Å². The van der Waals surface area contributed by atoms with Crippen LogP contribution in [0.5, 0.6) is 6.01 Å². The van der Waals surface area contributed by atoms with E-state index in [-0.39, 0.29) is 23.8 Å². The average Bonchev–Trinajstić information content (AvgIpc) is 2.76. The van der Waals surface area contributed by atoms with Crippen LogP contribution in [0.1, 0.15) is 12.2 Å². The summed E-state index contributed by atoms with van der Waals surface area (Å²) in [4.78, 5) is 28.2. The molecule has 0 aromatic carbocycles. The molecule has 100 valence electrons. The summed E-state index contributed by atoms with van der Waals surface area (Å²) in [7, 11) is 1.45. The van der Waals surface area contributed by atoms with Gasteiger partial charge in [-0.05, 0) is 18.4 Å². The van der Waals surface area contributed by atoms with Crippen LogP contribution in [0, 0.1) is 12.8 Å². The SMILES string of the molecule is COc1nc(C)nc(N2CC(CN=[N+]=[N-])CC2=O)n1. The molecule has 0 radical (unpaired) electrons.